The number of quaternary nitrogens is 2. The van der Waals surface area contributed by atoms with E-state index in [9.17, 15) is 9.18 Å². The van der Waals surface area contributed by atoms with Gasteiger partial charge in [-0.3, -0.25) is 4.79 Å². The number of halogens is 2. The third-order valence-corrected chi connectivity index (χ3v) is 3.32. The third-order valence-electron chi connectivity index (χ3n) is 3.00. The number of hydrogen-bond donors (Lipinski definition) is 3. The van der Waals surface area contributed by atoms with Crippen molar-refractivity contribution in [2.45, 2.75) is 19.4 Å². The second kappa shape index (κ2) is 8.19. The van der Waals surface area contributed by atoms with Gasteiger partial charge in [0.15, 0.2) is 6.04 Å². The summed E-state index contributed by atoms with van der Waals surface area (Å²) in [6, 6.07) is 3.73. The SMILES string of the molecule is C[C@@H]([NH2+]CCC[NH+](C)C)C(=O)Nc1ccc(F)cc1Cl. The molecule has 6 heteroatoms. The van der Waals surface area contributed by atoms with Crippen molar-refractivity contribution in [2.24, 2.45) is 0 Å². The summed E-state index contributed by atoms with van der Waals surface area (Å²) in [5, 5.41) is 4.92. The molecular weight excluding hydrogens is 281 g/mol. The number of anilines is 1. The minimum atomic E-state index is -0.418. The van der Waals surface area contributed by atoms with Crippen LogP contribution >= 0.6 is 11.6 Å². The van der Waals surface area contributed by atoms with Gasteiger partial charge in [0.25, 0.3) is 5.91 Å². The van der Waals surface area contributed by atoms with Crippen LogP contribution in [0.4, 0.5) is 10.1 Å². The quantitative estimate of drug-likeness (QED) is 0.606. The fourth-order valence-corrected chi connectivity index (χ4v) is 1.98. The summed E-state index contributed by atoms with van der Waals surface area (Å²) < 4.78 is 12.9. The second-order valence-electron chi connectivity index (χ2n) is 5.24. The van der Waals surface area contributed by atoms with E-state index in [4.69, 9.17) is 11.6 Å². The van der Waals surface area contributed by atoms with Gasteiger partial charge in [0.1, 0.15) is 5.82 Å². The van der Waals surface area contributed by atoms with Crippen molar-refractivity contribution in [3.8, 4) is 0 Å². The number of rotatable bonds is 7. The van der Waals surface area contributed by atoms with E-state index in [1.54, 1.807) is 0 Å². The van der Waals surface area contributed by atoms with Crippen LogP contribution in [-0.2, 0) is 4.79 Å². The highest BCUT2D eigenvalue weighted by atomic mass is 35.5. The van der Waals surface area contributed by atoms with E-state index < -0.39 is 5.82 Å². The molecule has 0 radical (unpaired) electrons. The molecule has 0 aromatic heterocycles. The van der Waals surface area contributed by atoms with Gasteiger partial charge in [-0.2, -0.15) is 0 Å². The number of hydrogen-bond acceptors (Lipinski definition) is 1. The van der Waals surface area contributed by atoms with Gasteiger partial charge in [0.2, 0.25) is 0 Å². The zero-order valence-corrected chi connectivity index (χ0v) is 12.9. The summed E-state index contributed by atoms with van der Waals surface area (Å²) in [6.07, 6.45) is 1.05. The molecule has 1 amide bonds. The first-order valence-electron chi connectivity index (χ1n) is 6.78. The molecule has 0 saturated heterocycles. The molecule has 1 aromatic rings. The van der Waals surface area contributed by atoms with Crippen molar-refractivity contribution in [2.75, 3.05) is 32.5 Å². The predicted molar refractivity (Wildman–Crippen MR) is 78.6 cm³/mol. The number of carbonyl (C=O) groups excluding carboxylic acids is 1. The first-order valence-corrected chi connectivity index (χ1v) is 7.16. The van der Waals surface area contributed by atoms with Crippen LogP contribution in [0.1, 0.15) is 13.3 Å². The Kier molecular flexibility index (Phi) is 6.91. The number of nitrogens with two attached hydrogens (primary N) is 1. The van der Waals surface area contributed by atoms with E-state index >= 15 is 0 Å². The lowest BCUT2D eigenvalue weighted by atomic mass is 10.2. The summed E-state index contributed by atoms with van der Waals surface area (Å²) in [5.74, 6) is -0.547. The highest BCUT2D eigenvalue weighted by Crippen LogP contribution is 2.22. The monoisotopic (exact) mass is 303 g/mol. The van der Waals surface area contributed by atoms with E-state index in [1.807, 2.05) is 12.2 Å². The third kappa shape index (κ3) is 5.86. The molecule has 0 heterocycles. The van der Waals surface area contributed by atoms with Gasteiger partial charge in [-0.05, 0) is 25.1 Å². The van der Waals surface area contributed by atoms with E-state index in [0.29, 0.717) is 5.69 Å². The minimum absolute atomic E-state index is 0.129. The summed E-state index contributed by atoms with van der Waals surface area (Å²) in [5.41, 5.74) is 0.441. The van der Waals surface area contributed by atoms with Gasteiger partial charge in [0.05, 0.1) is 37.9 Å². The largest absolute Gasteiger partial charge is 0.340 e. The fraction of sp³-hybridized carbons (Fsp3) is 0.500. The van der Waals surface area contributed by atoms with Crippen LogP contribution in [0.25, 0.3) is 0 Å². The smallest absolute Gasteiger partial charge is 0.282 e. The molecule has 0 fully saturated rings. The zero-order valence-electron chi connectivity index (χ0n) is 12.2. The normalized spacial score (nSPS) is 12.5. The lowest BCUT2D eigenvalue weighted by Gasteiger charge is -2.13. The molecule has 0 aliphatic heterocycles. The minimum Gasteiger partial charge on any atom is -0.340 e. The molecule has 4 nitrogen and oxygen atoms in total. The van der Waals surface area contributed by atoms with Gasteiger partial charge in [-0.25, -0.2) is 4.39 Å². The van der Waals surface area contributed by atoms with Crippen LogP contribution in [-0.4, -0.2) is 39.1 Å². The summed E-state index contributed by atoms with van der Waals surface area (Å²) in [4.78, 5) is 13.4. The maximum absolute atomic E-state index is 12.9. The maximum atomic E-state index is 12.9. The summed E-state index contributed by atoms with van der Waals surface area (Å²) >= 11 is 5.87. The first kappa shape index (κ1) is 16.9. The van der Waals surface area contributed by atoms with Crippen molar-refractivity contribution >= 4 is 23.2 Å². The molecule has 1 rings (SSSR count). The van der Waals surface area contributed by atoms with Crippen molar-refractivity contribution < 1.29 is 19.4 Å². The molecular formula is C14H23ClFN3O+2. The lowest BCUT2D eigenvalue weighted by molar-refractivity contribution is -0.860. The van der Waals surface area contributed by atoms with E-state index in [2.05, 4.69) is 19.4 Å². The topological polar surface area (TPSA) is 50.2 Å². The molecule has 20 heavy (non-hydrogen) atoms. The summed E-state index contributed by atoms with van der Waals surface area (Å²) in [6.45, 7) is 3.82. The molecule has 112 valence electrons. The van der Waals surface area contributed by atoms with Crippen LogP contribution in [0.5, 0.6) is 0 Å². The van der Waals surface area contributed by atoms with Crippen LogP contribution in [0.2, 0.25) is 5.02 Å². The van der Waals surface area contributed by atoms with Gasteiger partial charge in [-0.1, -0.05) is 11.6 Å². The Labute approximate surface area is 124 Å². The van der Waals surface area contributed by atoms with Crippen molar-refractivity contribution in [3.05, 3.63) is 29.0 Å². The average Bonchev–Trinajstić information content (AvgIpc) is 2.37. The highest BCUT2D eigenvalue weighted by Gasteiger charge is 2.17. The Morgan fingerprint density at radius 3 is 2.80 bits per heavy atom. The van der Waals surface area contributed by atoms with Crippen LogP contribution < -0.4 is 15.5 Å². The number of benzene rings is 1. The Morgan fingerprint density at radius 1 is 1.50 bits per heavy atom. The van der Waals surface area contributed by atoms with Crippen LogP contribution in [0.15, 0.2) is 18.2 Å². The van der Waals surface area contributed by atoms with Gasteiger partial charge in [0, 0.05) is 6.42 Å². The molecule has 1 atom stereocenters. The number of nitrogens with one attached hydrogen (secondary N) is 2. The average molecular weight is 304 g/mol. The highest BCUT2D eigenvalue weighted by molar-refractivity contribution is 6.33. The molecule has 0 bridgehead atoms. The van der Waals surface area contributed by atoms with Gasteiger partial charge >= 0.3 is 0 Å². The van der Waals surface area contributed by atoms with Crippen LogP contribution in [0, 0.1) is 5.82 Å². The molecule has 0 unspecified atom stereocenters. The van der Waals surface area contributed by atoms with Gasteiger partial charge < -0.3 is 15.5 Å². The van der Waals surface area contributed by atoms with Crippen LogP contribution in [0.3, 0.4) is 0 Å². The second-order valence-corrected chi connectivity index (χ2v) is 5.64. The molecule has 0 spiro atoms. The van der Waals surface area contributed by atoms with Crippen molar-refractivity contribution in [1.82, 2.24) is 0 Å². The molecule has 1 aromatic carbocycles. The molecule has 0 aliphatic rings. The molecule has 0 saturated carbocycles. The Morgan fingerprint density at radius 2 is 2.20 bits per heavy atom. The standard InChI is InChI=1S/C14H21ClFN3O/c1-10(17-7-4-8-19(2)3)14(20)18-13-6-5-11(16)9-12(13)15/h5-6,9-10,17H,4,7-8H2,1-3H3,(H,18,20)/p+2/t10-/m1/s1. The fourth-order valence-electron chi connectivity index (χ4n) is 1.77. The summed E-state index contributed by atoms with van der Waals surface area (Å²) in [7, 11) is 4.21. The zero-order chi connectivity index (χ0) is 15.1. The molecule has 4 N–H and O–H groups in total. The Bertz CT molecular complexity index is 454. The first-order chi connectivity index (χ1) is 9.40. The van der Waals surface area contributed by atoms with Crippen molar-refractivity contribution in [3.63, 3.8) is 0 Å². The lowest BCUT2D eigenvalue weighted by Crippen LogP contribution is -3.06. The van der Waals surface area contributed by atoms with E-state index in [-0.39, 0.29) is 17.0 Å². The van der Waals surface area contributed by atoms with E-state index in [1.165, 1.54) is 23.1 Å². The molecule has 0 aliphatic carbocycles. The number of carbonyl (C=O) groups is 1. The van der Waals surface area contributed by atoms with Crippen molar-refractivity contribution in [1.29, 1.82) is 0 Å². The van der Waals surface area contributed by atoms with E-state index in [0.717, 1.165) is 19.5 Å². The van der Waals surface area contributed by atoms with Gasteiger partial charge in [-0.15, -0.1) is 0 Å². The maximum Gasteiger partial charge on any atom is 0.282 e. The Balaban J connectivity index is 2.41. The predicted octanol–water partition coefficient (Wildman–Crippen LogP) is -0.0959. The number of amides is 1. The Hall–Kier alpha value is -1.17.